The van der Waals surface area contributed by atoms with Crippen molar-refractivity contribution in [3.05, 3.63) is 35.1 Å². The van der Waals surface area contributed by atoms with Gasteiger partial charge in [0, 0.05) is 18.5 Å². The molecule has 0 bridgehead atoms. The van der Waals surface area contributed by atoms with Crippen molar-refractivity contribution in [2.45, 2.75) is 51.6 Å². The highest BCUT2D eigenvalue weighted by molar-refractivity contribution is 5.76. The van der Waals surface area contributed by atoms with Crippen molar-refractivity contribution in [2.75, 3.05) is 6.54 Å². The average Bonchev–Trinajstić information content (AvgIpc) is 3.21. The number of hydrogen-bond acceptors (Lipinski definition) is 2. The Morgan fingerprint density at radius 2 is 2.20 bits per heavy atom. The summed E-state index contributed by atoms with van der Waals surface area (Å²) in [6, 6.07) is 5.84. The number of aryl methyl sites for hydroxylation is 1. The zero-order valence-corrected chi connectivity index (χ0v) is 12.2. The minimum atomic E-state index is -0.167. The van der Waals surface area contributed by atoms with Gasteiger partial charge in [-0.3, -0.25) is 4.79 Å². The van der Waals surface area contributed by atoms with E-state index in [1.54, 1.807) is 19.1 Å². The fourth-order valence-corrected chi connectivity index (χ4v) is 2.09. The number of carbonyl (C=O) groups excluding carboxylic acids is 1. The lowest BCUT2D eigenvalue weighted by molar-refractivity contribution is -0.121. The van der Waals surface area contributed by atoms with Gasteiger partial charge in [-0.15, -0.1) is 0 Å². The maximum Gasteiger partial charge on any atom is 0.220 e. The Labute approximate surface area is 120 Å². The lowest BCUT2D eigenvalue weighted by Gasteiger charge is -2.14. The third-order valence-electron chi connectivity index (χ3n) is 3.67. The van der Waals surface area contributed by atoms with E-state index in [2.05, 4.69) is 10.6 Å². The quantitative estimate of drug-likeness (QED) is 0.753. The zero-order valence-electron chi connectivity index (χ0n) is 12.2. The maximum atomic E-state index is 13.5. The molecule has 1 aliphatic rings. The summed E-state index contributed by atoms with van der Waals surface area (Å²) in [7, 11) is 0. The number of halogens is 1. The van der Waals surface area contributed by atoms with Gasteiger partial charge in [0.05, 0.1) is 0 Å². The van der Waals surface area contributed by atoms with Crippen molar-refractivity contribution in [3.8, 4) is 0 Å². The Kier molecular flexibility index (Phi) is 5.12. The lowest BCUT2D eigenvalue weighted by Crippen LogP contribution is -2.27. The van der Waals surface area contributed by atoms with Crippen LogP contribution in [0.15, 0.2) is 18.2 Å². The predicted molar refractivity (Wildman–Crippen MR) is 78.0 cm³/mol. The van der Waals surface area contributed by atoms with E-state index in [1.807, 2.05) is 13.0 Å². The van der Waals surface area contributed by atoms with E-state index >= 15 is 0 Å². The van der Waals surface area contributed by atoms with Gasteiger partial charge in [-0.2, -0.15) is 0 Å². The van der Waals surface area contributed by atoms with Gasteiger partial charge in [-0.05, 0) is 56.8 Å². The number of amides is 1. The van der Waals surface area contributed by atoms with Gasteiger partial charge in [-0.25, -0.2) is 4.39 Å². The summed E-state index contributed by atoms with van der Waals surface area (Å²) in [6.07, 6.45) is 3.61. The van der Waals surface area contributed by atoms with Crippen LogP contribution in [0.3, 0.4) is 0 Å². The second kappa shape index (κ2) is 6.84. The summed E-state index contributed by atoms with van der Waals surface area (Å²) in [4.78, 5) is 11.5. The molecule has 2 rings (SSSR count). The first-order valence-electron chi connectivity index (χ1n) is 7.35. The first kappa shape index (κ1) is 15.0. The van der Waals surface area contributed by atoms with Crippen molar-refractivity contribution in [1.29, 1.82) is 0 Å². The highest BCUT2D eigenvalue weighted by Gasteiger charge is 2.22. The molecule has 1 aliphatic carbocycles. The fraction of sp³-hybridized carbons (Fsp3) is 0.562. The number of rotatable bonds is 7. The summed E-state index contributed by atoms with van der Waals surface area (Å²) < 4.78 is 13.5. The topological polar surface area (TPSA) is 41.1 Å². The monoisotopic (exact) mass is 278 g/mol. The number of hydrogen-bond donors (Lipinski definition) is 2. The van der Waals surface area contributed by atoms with E-state index in [0.29, 0.717) is 18.0 Å². The third kappa shape index (κ3) is 4.60. The maximum absolute atomic E-state index is 13.5. The van der Waals surface area contributed by atoms with Crippen LogP contribution in [-0.2, 0) is 4.79 Å². The van der Waals surface area contributed by atoms with E-state index in [4.69, 9.17) is 0 Å². The Balaban J connectivity index is 1.67. The van der Waals surface area contributed by atoms with Gasteiger partial charge in [0.1, 0.15) is 5.82 Å². The van der Waals surface area contributed by atoms with Crippen LogP contribution in [0.2, 0.25) is 0 Å². The summed E-state index contributed by atoms with van der Waals surface area (Å²) >= 11 is 0. The van der Waals surface area contributed by atoms with E-state index < -0.39 is 0 Å². The molecule has 1 saturated carbocycles. The highest BCUT2D eigenvalue weighted by Crippen LogP contribution is 2.19. The van der Waals surface area contributed by atoms with Crippen LogP contribution in [0.1, 0.15) is 49.8 Å². The molecule has 1 aromatic rings. The average molecular weight is 278 g/mol. The summed E-state index contributed by atoms with van der Waals surface area (Å²) in [6.45, 7) is 4.53. The van der Waals surface area contributed by atoms with E-state index in [0.717, 1.165) is 31.4 Å². The normalized spacial score (nSPS) is 15.9. The molecule has 0 aliphatic heterocycles. The first-order chi connectivity index (χ1) is 9.56. The Morgan fingerprint density at radius 1 is 1.45 bits per heavy atom. The van der Waals surface area contributed by atoms with Gasteiger partial charge >= 0.3 is 0 Å². The molecule has 3 nitrogen and oxygen atoms in total. The SMILES string of the molecule is Cc1ccc(C(C)NCCCC(=O)NC2CC2)cc1F. The second-order valence-corrected chi connectivity index (χ2v) is 5.63. The van der Waals surface area contributed by atoms with Crippen molar-refractivity contribution in [2.24, 2.45) is 0 Å². The molecule has 2 N–H and O–H groups in total. The first-order valence-corrected chi connectivity index (χ1v) is 7.35. The van der Waals surface area contributed by atoms with E-state index in [9.17, 15) is 9.18 Å². The van der Waals surface area contributed by atoms with Crippen LogP contribution in [0.4, 0.5) is 4.39 Å². The molecular formula is C16H23FN2O. The molecule has 4 heteroatoms. The van der Waals surface area contributed by atoms with Gasteiger partial charge < -0.3 is 10.6 Å². The smallest absolute Gasteiger partial charge is 0.220 e. The third-order valence-corrected chi connectivity index (χ3v) is 3.67. The summed E-state index contributed by atoms with van der Waals surface area (Å²) in [5.74, 6) is -0.0247. The van der Waals surface area contributed by atoms with Crippen LogP contribution < -0.4 is 10.6 Å². The molecule has 20 heavy (non-hydrogen) atoms. The van der Waals surface area contributed by atoms with Crippen molar-refractivity contribution in [1.82, 2.24) is 10.6 Å². The van der Waals surface area contributed by atoms with Gasteiger partial charge in [0.15, 0.2) is 0 Å². The second-order valence-electron chi connectivity index (χ2n) is 5.63. The molecule has 1 amide bonds. The number of benzene rings is 1. The molecule has 0 saturated heterocycles. The highest BCUT2D eigenvalue weighted by atomic mass is 19.1. The lowest BCUT2D eigenvalue weighted by atomic mass is 10.1. The van der Waals surface area contributed by atoms with Crippen molar-refractivity contribution in [3.63, 3.8) is 0 Å². The molecule has 0 aromatic heterocycles. The minimum absolute atomic E-state index is 0.0941. The molecule has 0 radical (unpaired) electrons. The molecule has 1 fully saturated rings. The molecule has 110 valence electrons. The Hall–Kier alpha value is -1.42. The Morgan fingerprint density at radius 3 is 2.85 bits per heavy atom. The summed E-state index contributed by atoms with van der Waals surface area (Å²) in [5, 5.41) is 6.29. The van der Waals surface area contributed by atoms with E-state index in [-0.39, 0.29) is 17.8 Å². The van der Waals surface area contributed by atoms with Crippen molar-refractivity contribution < 1.29 is 9.18 Å². The number of nitrogens with one attached hydrogen (secondary N) is 2. The molecule has 1 atom stereocenters. The van der Waals surface area contributed by atoms with Gasteiger partial charge in [-0.1, -0.05) is 12.1 Å². The number of carbonyl (C=O) groups is 1. The van der Waals surface area contributed by atoms with Crippen LogP contribution >= 0.6 is 0 Å². The zero-order chi connectivity index (χ0) is 14.5. The predicted octanol–water partition coefficient (Wildman–Crippen LogP) is 2.84. The molecule has 1 aromatic carbocycles. The minimum Gasteiger partial charge on any atom is -0.353 e. The van der Waals surface area contributed by atoms with Gasteiger partial charge in [0.25, 0.3) is 0 Å². The standard InChI is InChI=1S/C16H23FN2O/c1-11-5-6-13(10-15(11)17)12(2)18-9-3-4-16(20)19-14-7-8-14/h5-6,10,12,14,18H,3-4,7-9H2,1-2H3,(H,19,20). The van der Waals surface area contributed by atoms with E-state index in [1.165, 1.54) is 0 Å². The molecule has 0 spiro atoms. The fourth-order valence-electron chi connectivity index (χ4n) is 2.09. The van der Waals surface area contributed by atoms with Crippen LogP contribution in [0, 0.1) is 12.7 Å². The van der Waals surface area contributed by atoms with Crippen molar-refractivity contribution >= 4 is 5.91 Å². The largest absolute Gasteiger partial charge is 0.353 e. The molecule has 1 unspecified atom stereocenters. The van der Waals surface area contributed by atoms with Crippen LogP contribution in [0.5, 0.6) is 0 Å². The molecule has 0 heterocycles. The molecular weight excluding hydrogens is 255 g/mol. The summed E-state index contributed by atoms with van der Waals surface area (Å²) in [5.41, 5.74) is 1.60. The van der Waals surface area contributed by atoms with Crippen LogP contribution in [-0.4, -0.2) is 18.5 Å². The Bertz CT molecular complexity index is 472. The van der Waals surface area contributed by atoms with Gasteiger partial charge in [0.2, 0.25) is 5.91 Å². The van der Waals surface area contributed by atoms with Crippen LogP contribution in [0.25, 0.3) is 0 Å².